The Balaban J connectivity index is 2.42. The fourth-order valence-electron chi connectivity index (χ4n) is 2.91. The van der Waals surface area contributed by atoms with Crippen LogP contribution in [0.5, 0.6) is 5.75 Å². The van der Waals surface area contributed by atoms with Crippen LogP contribution in [0.2, 0.25) is 0 Å². The molecule has 1 aromatic rings. The maximum atomic E-state index is 13.0. The average Bonchev–Trinajstić information content (AvgIpc) is 2.54. The van der Waals surface area contributed by atoms with Gasteiger partial charge in [-0.3, -0.25) is 4.79 Å². The summed E-state index contributed by atoms with van der Waals surface area (Å²) in [4.78, 5) is 10.8. The zero-order valence-corrected chi connectivity index (χ0v) is 14.7. The van der Waals surface area contributed by atoms with Gasteiger partial charge in [-0.2, -0.15) is 4.31 Å². The molecule has 0 radical (unpaired) electrons. The number of β-amino-alcohol motifs (C(OH)–C–C–N with tert-alkyl or cyclic N) is 1. The van der Waals surface area contributed by atoms with Gasteiger partial charge in [0.25, 0.3) is 0 Å². The highest BCUT2D eigenvalue weighted by Gasteiger charge is 2.38. The summed E-state index contributed by atoms with van der Waals surface area (Å²) in [5.74, 6) is -0.878. The smallest absolute Gasteiger partial charge is 0.307 e. The van der Waals surface area contributed by atoms with Gasteiger partial charge in [-0.05, 0) is 37.0 Å². The highest BCUT2D eigenvalue weighted by Crippen LogP contribution is 2.32. The van der Waals surface area contributed by atoms with E-state index in [1.165, 1.54) is 29.6 Å². The lowest BCUT2D eigenvalue weighted by Crippen LogP contribution is -2.49. The number of hydrogen-bond donors (Lipinski definition) is 2. The van der Waals surface area contributed by atoms with E-state index >= 15 is 0 Å². The summed E-state index contributed by atoms with van der Waals surface area (Å²) in [6.07, 6.45) is 1.33. The first-order valence-corrected chi connectivity index (χ1v) is 9.27. The molecule has 0 bridgehead atoms. The van der Waals surface area contributed by atoms with Crippen molar-refractivity contribution in [3.05, 3.63) is 23.8 Å². The van der Waals surface area contributed by atoms with Crippen LogP contribution in [0.15, 0.2) is 23.1 Å². The summed E-state index contributed by atoms with van der Waals surface area (Å²) in [7, 11) is -2.52. The number of sulfonamides is 1. The molecule has 24 heavy (non-hydrogen) atoms. The maximum Gasteiger partial charge on any atom is 0.307 e. The van der Waals surface area contributed by atoms with E-state index in [9.17, 15) is 18.3 Å². The Morgan fingerprint density at radius 1 is 1.42 bits per heavy atom. The van der Waals surface area contributed by atoms with Crippen molar-refractivity contribution < 1.29 is 28.2 Å². The number of hydrogen-bond acceptors (Lipinski definition) is 5. The first-order valence-electron chi connectivity index (χ1n) is 7.83. The standard InChI is InChI=1S/C16H23NO6S/c1-3-16(20)7-4-8-17(11-16)24(21,22)14-9-12(10-15(18)19)5-6-13(14)23-2/h5-6,9,20H,3-4,7-8,10-11H2,1-2H3,(H,18,19). The number of carboxylic acid groups (broad SMARTS) is 1. The summed E-state index contributed by atoms with van der Waals surface area (Å²) < 4.78 is 32.4. The second-order valence-corrected chi connectivity index (χ2v) is 7.98. The van der Waals surface area contributed by atoms with Crippen molar-refractivity contribution in [2.75, 3.05) is 20.2 Å². The quantitative estimate of drug-likeness (QED) is 0.794. The highest BCUT2D eigenvalue weighted by atomic mass is 32.2. The predicted molar refractivity (Wildman–Crippen MR) is 87.6 cm³/mol. The number of ether oxygens (including phenoxy) is 1. The number of methoxy groups -OCH3 is 1. The number of piperidine rings is 1. The molecular weight excluding hydrogens is 334 g/mol. The zero-order chi connectivity index (χ0) is 18.0. The van der Waals surface area contributed by atoms with Crippen LogP contribution in [-0.2, 0) is 21.2 Å². The van der Waals surface area contributed by atoms with Crippen LogP contribution in [0.3, 0.4) is 0 Å². The number of aliphatic hydroxyl groups is 1. The third-order valence-electron chi connectivity index (χ3n) is 4.38. The fraction of sp³-hybridized carbons (Fsp3) is 0.562. The van der Waals surface area contributed by atoms with Gasteiger partial charge >= 0.3 is 5.97 Å². The molecule has 2 rings (SSSR count). The van der Waals surface area contributed by atoms with Crippen LogP contribution in [0.1, 0.15) is 31.7 Å². The lowest BCUT2D eigenvalue weighted by molar-refractivity contribution is -0.136. The summed E-state index contributed by atoms with van der Waals surface area (Å²) in [5, 5.41) is 19.4. The van der Waals surface area contributed by atoms with Crippen LogP contribution in [0, 0.1) is 0 Å². The number of benzene rings is 1. The Labute approximate surface area is 141 Å². The lowest BCUT2D eigenvalue weighted by Gasteiger charge is -2.38. The van der Waals surface area contributed by atoms with Gasteiger partial charge < -0.3 is 14.9 Å². The maximum absolute atomic E-state index is 13.0. The van der Waals surface area contributed by atoms with Crippen LogP contribution in [0.4, 0.5) is 0 Å². The van der Waals surface area contributed by atoms with E-state index in [2.05, 4.69) is 0 Å². The SMILES string of the molecule is CCC1(O)CCCN(S(=O)(=O)c2cc(CC(=O)O)ccc2OC)C1. The van der Waals surface area contributed by atoms with Crippen molar-refractivity contribution in [3.8, 4) is 5.75 Å². The Kier molecular flexibility index (Phi) is 5.52. The molecule has 1 unspecified atom stereocenters. The van der Waals surface area contributed by atoms with Crippen molar-refractivity contribution in [2.24, 2.45) is 0 Å². The van der Waals surface area contributed by atoms with Crippen LogP contribution < -0.4 is 4.74 Å². The molecule has 1 aliphatic rings. The van der Waals surface area contributed by atoms with Gasteiger partial charge in [-0.1, -0.05) is 13.0 Å². The van der Waals surface area contributed by atoms with Gasteiger partial charge in [0, 0.05) is 13.1 Å². The summed E-state index contributed by atoms with van der Waals surface area (Å²) in [5.41, 5.74) is -0.651. The van der Waals surface area contributed by atoms with E-state index in [0.29, 0.717) is 31.4 Å². The van der Waals surface area contributed by atoms with Crippen molar-refractivity contribution in [1.29, 1.82) is 0 Å². The summed E-state index contributed by atoms with van der Waals surface area (Å²) in [6, 6.07) is 4.33. The second kappa shape index (κ2) is 7.08. The molecular formula is C16H23NO6S. The summed E-state index contributed by atoms with van der Waals surface area (Å²) in [6.45, 7) is 2.17. The number of aliphatic carboxylic acids is 1. The molecule has 0 aliphatic carbocycles. The molecule has 0 aromatic heterocycles. The van der Waals surface area contributed by atoms with Crippen molar-refractivity contribution in [1.82, 2.24) is 4.31 Å². The molecule has 134 valence electrons. The Morgan fingerprint density at radius 3 is 2.71 bits per heavy atom. The summed E-state index contributed by atoms with van der Waals surface area (Å²) >= 11 is 0. The monoisotopic (exact) mass is 357 g/mol. The second-order valence-electron chi connectivity index (χ2n) is 6.08. The number of rotatable bonds is 6. The topological polar surface area (TPSA) is 104 Å². The number of carboxylic acids is 1. The van der Waals surface area contributed by atoms with E-state index in [0.717, 1.165) is 0 Å². The lowest BCUT2D eigenvalue weighted by atomic mass is 9.92. The van der Waals surface area contributed by atoms with Crippen LogP contribution in [0.25, 0.3) is 0 Å². The van der Waals surface area contributed by atoms with Crippen molar-refractivity contribution >= 4 is 16.0 Å². The largest absolute Gasteiger partial charge is 0.495 e. The van der Waals surface area contributed by atoms with Crippen molar-refractivity contribution in [2.45, 2.75) is 43.1 Å². The fourth-order valence-corrected chi connectivity index (χ4v) is 4.67. The first-order chi connectivity index (χ1) is 11.2. The van der Waals surface area contributed by atoms with Crippen LogP contribution >= 0.6 is 0 Å². The molecule has 1 aliphatic heterocycles. The molecule has 1 atom stereocenters. The molecule has 8 heteroatoms. The van der Waals surface area contributed by atoms with E-state index in [1.807, 2.05) is 6.92 Å². The minimum atomic E-state index is -3.89. The van der Waals surface area contributed by atoms with E-state index in [1.54, 1.807) is 0 Å². The molecule has 0 saturated carbocycles. The Hall–Kier alpha value is -1.64. The molecule has 0 spiro atoms. The van der Waals surface area contributed by atoms with Crippen LogP contribution in [-0.4, -0.2) is 54.7 Å². The van der Waals surface area contributed by atoms with Gasteiger partial charge in [-0.25, -0.2) is 8.42 Å². The van der Waals surface area contributed by atoms with E-state index in [4.69, 9.17) is 9.84 Å². The van der Waals surface area contributed by atoms with Gasteiger partial charge in [0.05, 0.1) is 19.1 Å². The molecule has 1 aromatic carbocycles. The van der Waals surface area contributed by atoms with Crippen molar-refractivity contribution in [3.63, 3.8) is 0 Å². The van der Waals surface area contributed by atoms with Gasteiger partial charge in [0.1, 0.15) is 10.6 Å². The Morgan fingerprint density at radius 2 is 2.12 bits per heavy atom. The molecule has 1 fully saturated rings. The zero-order valence-electron chi connectivity index (χ0n) is 13.9. The normalized spacial score (nSPS) is 22.3. The van der Waals surface area contributed by atoms with Gasteiger partial charge in [0.15, 0.2) is 0 Å². The highest BCUT2D eigenvalue weighted by molar-refractivity contribution is 7.89. The molecule has 7 nitrogen and oxygen atoms in total. The molecule has 1 heterocycles. The van der Waals surface area contributed by atoms with Gasteiger partial charge in [-0.15, -0.1) is 0 Å². The third-order valence-corrected chi connectivity index (χ3v) is 6.25. The first kappa shape index (κ1) is 18.7. The third kappa shape index (κ3) is 3.88. The predicted octanol–water partition coefficient (Wildman–Crippen LogP) is 1.25. The van der Waals surface area contributed by atoms with E-state index < -0.39 is 21.6 Å². The number of carbonyl (C=O) groups is 1. The Bertz CT molecular complexity index is 717. The number of nitrogens with zero attached hydrogens (tertiary/aromatic N) is 1. The molecule has 1 saturated heterocycles. The van der Waals surface area contributed by atoms with E-state index in [-0.39, 0.29) is 23.6 Å². The minimum absolute atomic E-state index is 0.0259. The molecule has 2 N–H and O–H groups in total. The minimum Gasteiger partial charge on any atom is -0.495 e. The van der Waals surface area contributed by atoms with Gasteiger partial charge in [0.2, 0.25) is 10.0 Å². The molecule has 0 amide bonds. The average molecular weight is 357 g/mol.